The third-order valence-corrected chi connectivity index (χ3v) is 4.23. The van der Waals surface area contributed by atoms with Crippen molar-refractivity contribution in [3.05, 3.63) is 0 Å². The zero-order valence-corrected chi connectivity index (χ0v) is 8.76. The molecule has 0 aromatic carbocycles. The highest BCUT2D eigenvalue weighted by Crippen LogP contribution is 2.40. The summed E-state index contributed by atoms with van der Waals surface area (Å²) in [6, 6.07) is 0. The van der Waals surface area contributed by atoms with Crippen molar-refractivity contribution in [2.75, 3.05) is 19.6 Å². The highest BCUT2D eigenvalue weighted by molar-refractivity contribution is 4.98. The molecule has 2 N–H and O–H groups in total. The molecule has 2 fully saturated rings. The van der Waals surface area contributed by atoms with Crippen molar-refractivity contribution < 1.29 is 0 Å². The molecule has 0 aromatic heterocycles. The van der Waals surface area contributed by atoms with Crippen LogP contribution in [0.15, 0.2) is 0 Å². The molecule has 1 atom stereocenters. The number of likely N-dealkylation sites (tertiary alicyclic amines) is 1. The molecule has 2 nitrogen and oxygen atoms in total. The Morgan fingerprint density at radius 1 is 1.23 bits per heavy atom. The molecular weight excluding hydrogens is 160 g/mol. The minimum Gasteiger partial charge on any atom is -0.329 e. The molecule has 13 heavy (non-hydrogen) atoms. The number of hydrogen-bond donors (Lipinski definition) is 1. The first kappa shape index (κ1) is 9.47. The molecule has 0 bridgehead atoms. The van der Waals surface area contributed by atoms with E-state index in [2.05, 4.69) is 11.8 Å². The van der Waals surface area contributed by atoms with Gasteiger partial charge in [0, 0.05) is 12.1 Å². The van der Waals surface area contributed by atoms with Crippen LogP contribution in [0.1, 0.15) is 39.0 Å². The van der Waals surface area contributed by atoms with Crippen molar-refractivity contribution in [3.8, 4) is 0 Å². The quantitative estimate of drug-likeness (QED) is 0.718. The summed E-state index contributed by atoms with van der Waals surface area (Å²) in [5.74, 6) is 0.885. The number of nitrogens with zero attached hydrogens (tertiary/aromatic N) is 1. The third kappa shape index (κ3) is 1.50. The normalized spacial score (nSPS) is 30.0. The number of rotatable bonds is 3. The van der Waals surface area contributed by atoms with Gasteiger partial charge in [0.1, 0.15) is 0 Å². The highest BCUT2D eigenvalue weighted by Gasteiger charge is 2.41. The second-order valence-electron chi connectivity index (χ2n) is 4.88. The SMILES string of the molecule is CC(CN)(C1CCC1)N1CCCC1. The van der Waals surface area contributed by atoms with Crippen LogP contribution in [0, 0.1) is 5.92 Å². The van der Waals surface area contributed by atoms with Crippen LogP contribution in [0.25, 0.3) is 0 Å². The largest absolute Gasteiger partial charge is 0.329 e. The summed E-state index contributed by atoms with van der Waals surface area (Å²) in [5, 5.41) is 0. The molecule has 1 unspecified atom stereocenters. The van der Waals surface area contributed by atoms with Crippen molar-refractivity contribution in [3.63, 3.8) is 0 Å². The number of hydrogen-bond acceptors (Lipinski definition) is 2. The molecule has 0 spiro atoms. The molecule has 1 heterocycles. The standard InChI is InChI=1S/C11H22N2/c1-11(9-12,10-5-4-6-10)13-7-2-3-8-13/h10H,2-9,12H2,1H3. The molecular formula is C11H22N2. The monoisotopic (exact) mass is 182 g/mol. The van der Waals surface area contributed by atoms with Gasteiger partial charge in [0.15, 0.2) is 0 Å². The van der Waals surface area contributed by atoms with E-state index in [1.165, 1.54) is 45.2 Å². The van der Waals surface area contributed by atoms with Gasteiger partial charge in [0.05, 0.1) is 0 Å². The van der Waals surface area contributed by atoms with Crippen LogP contribution in [-0.4, -0.2) is 30.1 Å². The molecule has 1 saturated heterocycles. The molecule has 76 valence electrons. The summed E-state index contributed by atoms with van der Waals surface area (Å²) in [6.45, 7) is 5.79. The molecule has 0 aromatic rings. The van der Waals surface area contributed by atoms with Gasteiger partial charge in [0.2, 0.25) is 0 Å². The minimum absolute atomic E-state index is 0.328. The summed E-state index contributed by atoms with van der Waals surface area (Å²) in [5.41, 5.74) is 6.28. The average Bonchev–Trinajstić information content (AvgIpc) is 2.52. The van der Waals surface area contributed by atoms with Gasteiger partial charge in [-0.15, -0.1) is 0 Å². The summed E-state index contributed by atoms with van der Waals surface area (Å²) >= 11 is 0. The Labute approximate surface area is 81.5 Å². The van der Waals surface area contributed by atoms with Crippen molar-refractivity contribution in [2.45, 2.75) is 44.6 Å². The maximum atomic E-state index is 5.96. The van der Waals surface area contributed by atoms with Gasteiger partial charge in [-0.1, -0.05) is 6.42 Å². The minimum atomic E-state index is 0.328. The first-order chi connectivity index (χ1) is 6.27. The van der Waals surface area contributed by atoms with Gasteiger partial charge in [-0.3, -0.25) is 4.90 Å². The van der Waals surface area contributed by atoms with E-state index in [-0.39, 0.29) is 0 Å². The van der Waals surface area contributed by atoms with E-state index in [1.54, 1.807) is 0 Å². The van der Waals surface area contributed by atoms with Gasteiger partial charge in [0.25, 0.3) is 0 Å². The Hall–Kier alpha value is -0.0800. The summed E-state index contributed by atoms with van der Waals surface area (Å²) in [7, 11) is 0. The fourth-order valence-electron chi connectivity index (χ4n) is 2.81. The predicted octanol–water partition coefficient (Wildman–Crippen LogP) is 1.60. The Morgan fingerprint density at radius 3 is 2.23 bits per heavy atom. The maximum Gasteiger partial charge on any atom is 0.0331 e. The molecule has 2 rings (SSSR count). The summed E-state index contributed by atoms with van der Waals surface area (Å²) < 4.78 is 0. The second kappa shape index (κ2) is 3.58. The van der Waals surface area contributed by atoms with E-state index in [1.807, 2.05) is 0 Å². The molecule has 2 aliphatic rings. The summed E-state index contributed by atoms with van der Waals surface area (Å²) in [4.78, 5) is 2.64. The lowest BCUT2D eigenvalue weighted by Gasteiger charge is -2.48. The van der Waals surface area contributed by atoms with Crippen molar-refractivity contribution in [1.82, 2.24) is 4.90 Å². The van der Waals surface area contributed by atoms with E-state index >= 15 is 0 Å². The molecule has 1 aliphatic carbocycles. The predicted molar refractivity (Wildman–Crippen MR) is 55.6 cm³/mol. The van der Waals surface area contributed by atoms with E-state index in [9.17, 15) is 0 Å². The van der Waals surface area contributed by atoms with Gasteiger partial charge in [-0.2, -0.15) is 0 Å². The zero-order chi connectivity index (χ0) is 9.31. The topological polar surface area (TPSA) is 29.3 Å². The fourth-order valence-corrected chi connectivity index (χ4v) is 2.81. The first-order valence-corrected chi connectivity index (χ1v) is 5.72. The third-order valence-electron chi connectivity index (χ3n) is 4.23. The van der Waals surface area contributed by atoms with Crippen molar-refractivity contribution in [1.29, 1.82) is 0 Å². The van der Waals surface area contributed by atoms with Crippen LogP contribution >= 0.6 is 0 Å². The number of nitrogens with two attached hydrogens (primary N) is 1. The van der Waals surface area contributed by atoms with Crippen LogP contribution in [0.3, 0.4) is 0 Å². The van der Waals surface area contributed by atoms with E-state index in [4.69, 9.17) is 5.73 Å². The lowest BCUT2D eigenvalue weighted by Crippen LogP contribution is -2.57. The van der Waals surface area contributed by atoms with Gasteiger partial charge >= 0.3 is 0 Å². The van der Waals surface area contributed by atoms with E-state index < -0.39 is 0 Å². The van der Waals surface area contributed by atoms with Crippen molar-refractivity contribution >= 4 is 0 Å². The van der Waals surface area contributed by atoms with Gasteiger partial charge in [-0.05, 0) is 51.6 Å². The first-order valence-electron chi connectivity index (χ1n) is 5.72. The Bertz CT molecular complexity index is 171. The Morgan fingerprint density at radius 2 is 1.85 bits per heavy atom. The summed E-state index contributed by atoms with van der Waals surface area (Å²) in [6.07, 6.45) is 6.99. The van der Waals surface area contributed by atoms with E-state index in [0.29, 0.717) is 5.54 Å². The van der Waals surface area contributed by atoms with Crippen LogP contribution in [0.4, 0.5) is 0 Å². The highest BCUT2D eigenvalue weighted by atomic mass is 15.2. The second-order valence-corrected chi connectivity index (χ2v) is 4.88. The smallest absolute Gasteiger partial charge is 0.0331 e. The zero-order valence-electron chi connectivity index (χ0n) is 8.76. The molecule has 1 saturated carbocycles. The van der Waals surface area contributed by atoms with Crippen LogP contribution < -0.4 is 5.73 Å². The molecule has 0 amide bonds. The Kier molecular flexibility index (Phi) is 2.61. The fraction of sp³-hybridized carbons (Fsp3) is 1.00. The molecule has 1 aliphatic heterocycles. The maximum absolute atomic E-state index is 5.96. The average molecular weight is 182 g/mol. The van der Waals surface area contributed by atoms with E-state index in [0.717, 1.165) is 12.5 Å². The van der Waals surface area contributed by atoms with Gasteiger partial charge < -0.3 is 5.73 Å². The van der Waals surface area contributed by atoms with Crippen LogP contribution in [0.5, 0.6) is 0 Å². The lowest BCUT2D eigenvalue weighted by molar-refractivity contribution is 0.0343. The van der Waals surface area contributed by atoms with Crippen LogP contribution in [0.2, 0.25) is 0 Å². The molecule has 0 radical (unpaired) electrons. The lowest BCUT2D eigenvalue weighted by atomic mass is 9.71. The van der Waals surface area contributed by atoms with Crippen molar-refractivity contribution in [2.24, 2.45) is 11.7 Å². The van der Waals surface area contributed by atoms with Crippen LogP contribution in [-0.2, 0) is 0 Å². The Balaban J connectivity index is 2.03. The van der Waals surface area contributed by atoms with Gasteiger partial charge in [-0.25, -0.2) is 0 Å². The molecule has 2 heteroatoms.